The lowest BCUT2D eigenvalue weighted by Gasteiger charge is -2.30. The van der Waals surface area contributed by atoms with Crippen molar-refractivity contribution in [3.63, 3.8) is 0 Å². The molecule has 1 fully saturated rings. The van der Waals surface area contributed by atoms with E-state index in [4.69, 9.17) is 0 Å². The summed E-state index contributed by atoms with van der Waals surface area (Å²) in [5, 5.41) is 7.15. The third-order valence-corrected chi connectivity index (χ3v) is 4.62. The van der Waals surface area contributed by atoms with Gasteiger partial charge in [-0.2, -0.15) is 0 Å². The van der Waals surface area contributed by atoms with Gasteiger partial charge in [-0.05, 0) is 44.5 Å². The summed E-state index contributed by atoms with van der Waals surface area (Å²) < 4.78 is 0.869. The van der Waals surface area contributed by atoms with Gasteiger partial charge >= 0.3 is 0 Å². The Labute approximate surface area is 136 Å². The molecule has 116 valence electrons. The van der Waals surface area contributed by atoms with E-state index in [0.717, 1.165) is 29.2 Å². The van der Waals surface area contributed by atoms with E-state index < -0.39 is 0 Å². The van der Waals surface area contributed by atoms with Crippen molar-refractivity contribution >= 4 is 32.7 Å². The first kappa shape index (κ1) is 15.2. The number of halogens is 1. The lowest BCUT2D eigenvalue weighted by atomic mass is 9.99. The Kier molecular flexibility index (Phi) is 4.31. The van der Waals surface area contributed by atoms with Crippen molar-refractivity contribution in [1.29, 1.82) is 0 Å². The molecule has 1 aliphatic heterocycles. The van der Waals surface area contributed by atoms with Crippen molar-refractivity contribution in [3.8, 4) is 0 Å². The number of H-pyrrole nitrogens is 1. The van der Waals surface area contributed by atoms with Crippen LogP contribution in [0.4, 0.5) is 0 Å². The molecule has 1 aromatic carbocycles. The van der Waals surface area contributed by atoms with Gasteiger partial charge in [0.25, 0.3) is 5.91 Å². The smallest absolute Gasteiger partial charge is 0.252 e. The van der Waals surface area contributed by atoms with Gasteiger partial charge in [0.1, 0.15) is 0 Å². The minimum absolute atomic E-state index is 0.0859. The van der Waals surface area contributed by atoms with E-state index in [0.29, 0.717) is 11.1 Å². The maximum atomic E-state index is 12.6. The number of aromatic nitrogens is 1. The molecule has 1 aromatic heterocycles. The second-order valence-electron chi connectivity index (χ2n) is 5.70. The minimum Gasteiger partial charge on any atom is -0.348 e. The largest absolute Gasteiger partial charge is 0.348 e. The van der Waals surface area contributed by atoms with Crippen LogP contribution in [0.1, 0.15) is 30.1 Å². The fourth-order valence-electron chi connectivity index (χ4n) is 2.90. The number of benzene rings is 1. The number of fused-ring (bicyclic) bond motifs is 1. The van der Waals surface area contributed by atoms with E-state index in [1.165, 1.54) is 6.07 Å². The van der Waals surface area contributed by atoms with Crippen LogP contribution in [0.2, 0.25) is 0 Å². The van der Waals surface area contributed by atoms with Crippen molar-refractivity contribution in [1.82, 2.24) is 15.6 Å². The van der Waals surface area contributed by atoms with Crippen molar-refractivity contribution < 1.29 is 4.79 Å². The normalized spacial score (nSPS) is 21.7. The number of carbonyl (C=O) groups is 1. The molecule has 0 saturated carbocycles. The lowest BCUT2D eigenvalue weighted by Crippen LogP contribution is -2.52. The highest BCUT2D eigenvalue weighted by atomic mass is 79.9. The van der Waals surface area contributed by atoms with E-state index in [1.807, 2.05) is 12.1 Å². The highest BCUT2D eigenvalue weighted by Crippen LogP contribution is 2.21. The standard InChI is InChI=1S/C16H18BrN3O2/c1-9-13(3-2-6-18-9)20-16(22)12-8-15(21)19-14-5-4-10(17)7-11(12)14/h4-5,7-9,13,18H,2-3,6H2,1H3,(H,19,21)(H,20,22). The average Bonchev–Trinajstić information content (AvgIpc) is 2.49. The number of pyridine rings is 1. The van der Waals surface area contributed by atoms with E-state index in [9.17, 15) is 9.59 Å². The molecular weight excluding hydrogens is 346 g/mol. The molecule has 0 aliphatic carbocycles. The molecule has 3 rings (SSSR count). The number of piperidine rings is 1. The number of carbonyl (C=O) groups excluding carboxylic acids is 1. The fraction of sp³-hybridized carbons (Fsp3) is 0.375. The van der Waals surface area contributed by atoms with Crippen molar-refractivity contribution in [2.75, 3.05) is 6.54 Å². The first-order chi connectivity index (χ1) is 10.5. The SMILES string of the molecule is CC1NCCCC1NC(=O)c1cc(=O)[nH]c2ccc(Br)cc12. The molecule has 3 N–H and O–H groups in total. The molecule has 22 heavy (non-hydrogen) atoms. The number of rotatable bonds is 2. The highest BCUT2D eigenvalue weighted by Gasteiger charge is 2.23. The molecule has 1 saturated heterocycles. The van der Waals surface area contributed by atoms with E-state index in [2.05, 4.69) is 38.5 Å². The van der Waals surface area contributed by atoms with Crippen LogP contribution in [0.5, 0.6) is 0 Å². The van der Waals surface area contributed by atoms with Crippen LogP contribution in [0.3, 0.4) is 0 Å². The Bertz CT molecular complexity index is 772. The van der Waals surface area contributed by atoms with E-state index >= 15 is 0 Å². The summed E-state index contributed by atoms with van der Waals surface area (Å²) in [5.41, 5.74) is 0.809. The maximum Gasteiger partial charge on any atom is 0.252 e. The zero-order chi connectivity index (χ0) is 15.7. The fourth-order valence-corrected chi connectivity index (χ4v) is 3.26. The Morgan fingerprint density at radius 1 is 1.36 bits per heavy atom. The van der Waals surface area contributed by atoms with Crippen LogP contribution < -0.4 is 16.2 Å². The number of hydrogen-bond acceptors (Lipinski definition) is 3. The van der Waals surface area contributed by atoms with Gasteiger partial charge in [-0.15, -0.1) is 0 Å². The van der Waals surface area contributed by atoms with E-state index in [-0.39, 0.29) is 23.6 Å². The molecule has 2 heterocycles. The molecule has 0 spiro atoms. The van der Waals surface area contributed by atoms with Crippen molar-refractivity contribution in [2.24, 2.45) is 0 Å². The number of nitrogens with one attached hydrogen (secondary N) is 3. The van der Waals surface area contributed by atoms with Crippen LogP contribution in [-0.2, 0) is 0 Å². The summed E-state index contributed by atoms with van der Waals surface area (Å²) in [7, 11) is 0. The molecule has 2 atom stereocenters. The summed E-state index contributed by atoms with van der Waals surface area (Å²) >= 11 is 3.41. The molecule has 0 bridgehead atoms. The number of amides is 1. The molecule has 6 heteroatoms. The van der Waals surface area contributed by atoms with Crippen LogP contribution in [-0.4, -0.2) is 29.5 Å². The Hall–Kier alpha value is -1.66. The third kappa shape index (κ3) is 3.08. The molecular formula is C16H18BrN3O2. The molecule has 1 amide bonds. The quantitative estimate of drug-likeness (QED) is 0.765. The van der Waals surface area contributed by atoms with Crippen LogP contribution in [0.15, 0.2) is 33.5 Å². The summed E-state index contributed by atoms with van der Waals surface area (Å²) in [4.78, 5) is 27.2. The molecule has 1 aliphatic rings. The maximum absolute atomic E-state index is 12.6. The average molecular weight is 364 g/mol. The zero-order valence-electron chi connectivity index (χ0n) is 12.3. The van der Waals surface area contributed by atoms with Gasteiger partial charge in [0.05, 0.1) is 5.56 Å². The van der Waals surface area contributed by atoms with Crippen molar-refractivity contribution in [3.05, 3.63) is 44.7 Å². The number of aromatic amines is 1. The lowest BCUT2D eigenvalue weighted by molar-refractivity contribution is 0.0921. The zero-order valence-corrected chi connectivity index (χ0v) is 13.9. The van der Waals surface area contributed by atoms with Gasteiger partial charge in [-0.3, -0.25) is 9.59 Å². The van der Waals surface area contributed by atoms with Gasteiger partial charge in [-0.1, -0.05) is 15.9 Å². The molecule has 2 aromatic rings. The summed E-state index contributed by atoms with van der Waals surface area (Å²) in [6.45, 7) is 3.05. The van der Waals surface area contributed by atoms with Crippen molar-refractivity contribution in [2.45, 2.75) is 31.8 Å². The van der Waals surface area contributed by atoms with Gasteiger partial charge in [0.15, 0.2) is 0 Å². The van der Waals surface area contributed by atoms with Crippen LogP contribution >= 0.6 is 15.9 Å². The first-order valence-electron chi connectivity index (χ1n) is 7.41. The second kappa shape index (κ2) is 6.22. The Balaban J connectivity index is 1.96. The van der Waals surface area contributed by atoms with Gasteiger partial charge in [-0.25, -0.2) is 0 Å². The first-order valence-corrected chi connectivity index (χ1v) is 8.21. The van der Waals surface area contributed by atoms with Gasteiger partial charge in [0, 0.05) is 33.5 Å². The molecule has 2 unspecified atom stereocenters. The number of hydrogen-bond donors (Lipinski definition) is 3. The highest BCUT2D eigenvalue weighted by molar-refractivity contribution is 9.10. The summed E-state index contributed by atoms with van der Waals surface area (Å²) in [6, 6.07) is 7.17. The summed E-state index contributed by atoms with van der Waals surface area (Å²) in [5.74, 6) is -0.199. The predicted octanol–water partition coefficient (Wildman–Crippen LogP) is 2.16. The second-order valence-corrected chi connectivity index (χ2v) is 6.62. The van der Waals surface area contributed by atoms with Crippen LogP contribution in [0, 0.1) is 0 Å². The predicted molar refractivity (Wildman–Crippen MR) is 90.2 cm³/mol. The molecule has 5 nitrogen and oxygen atoms in total. The summed E-state index contributed by atoms with van der Waals surface area (Å²) in [6.07, 6.45) is 1.99. The van der Waals surface area contributed by atoms with E-state index in [1.54, 1.807) is 6.07 Å². The van der Waals surface area contributed by atoms with Gasteiger partial charge in [0.2, 0.25) is 5.56 Å². The van der Waals surface area contributed by atoms with Gasteiger partial charge < -0.3 is 15.6 Å². The Morgan fingerprint density at radius 2 is 2.18 bits per heavy atom. The monoisotopic (exact) mass is 363 g/mol. The van der Waals surface area contributed by atoms with Crippen LogP contribution in [0.25, 0.3) is 10.9 Å². The minimum atomic E-state index is -0.269. The Morgan fingerprint density at radius 3 is 2.95 bits per heavy atom. The third-order valence-electron chi connectivity index (χ3n) is 4.13. The topological polar surface area (TPSA) is 74.0 Å². The molecule has 0 radical (unpaired) electrons.